The summed E-state index contributed by atoms with van der Waals surface area (Å²) in [6, 6.07) is 0. The largest absolute Gasteiger partial charge is 0.251 e. The van der Waals surface area contributed by atoms with Crippen molar-refractivity contribution < 1.29 is 4.39 Å². The van der Waals surface area contributed by atoms with Gasteiger partial charge in [0.25, 0.3) is 0 Å². The molecular weight excluding hydrogens is 115 g/mol. The summed E-state index contributed by atoms with van der Waals surface area (Å²) in [5.74, 6) is 0.319. The fourth-order valence-corrected chi connectivity index (χ4v) is 0.507. The molecule has 0 atom stereocenters. The van der Waals surface area contributed by atoms with Gasteiger partial charge in [-0.3, -0.25) is 4.39 Å². The molecule has 0 aromatic rings. The first-order valence-electron chi connectivity index (χ1n) is 3.91. The van der Waals surface area contributed by atoms with E-state index in [2.05, 4.69) is 0 Å². The van der Waals surface area contributed by atoms with Gasteiger partial charge in [-0.15, -0.1) is 0 Å². The van der Waals surface area contributed by atoms with Gasteiger partial charge in [0.15, 0.2) is 0 Å². The van der Waals surface area contributed by atoms with E-state index in [4.69, 9.17) is 0 Å². The minimum atomic E-state index is -0.146. The molecule has 0 heterocycles. The molecule has 0 aromatic carbocycles. The van der Waals surface area contributed by atoms with E-state index in [1.54, 1.807) is 0 Å². The van der Waals surface area contributed by atoms with Crippen LogP contribution < -0.4 is 0 Å². The van der Waals surface area contributed by atoms with Crippen LogP contribution in [0.25, 0.3) is 0 Å². The van der Waals surface area contributed by atoms with Crippen LogP contribution in [0.5, 0.6) is 0 Å². The quantitative estimate of drug-likeness (QED) is 0.554. The Balaban J connectivity index is 0. The molecule has 0 aromatic heterocycles. The molecule has 58 valence electrons. The van der Waals surface area contributed by atoms with Gasteiger partial charge < -0.3 is 0 Å². The highest BCUT2D eigenvalue weighted by Gasteiger charge is 1.98. The van der Waals surface area contributed by atoms with Crippen LogP contribution in [0.4, 0.5) is 4.39 Å². The van der Waals surface area contributed by atoms with E-state index in [9.17, 15) is 4.39 Å². The summed E-state index contributed by atoms with van der Waals surface area (Å²) in [4.78, 5) is 0. The van der Waals surface area contributed by atoms with Gasteiger partial charge in [0, 0.05) is 0 Å². The zero-order chi connectivity index (χ0) is 7.70. The summed E-state index contributed by atoms with van der Waals surface area (Å²) in [7, 11) is 0. The van der Waals surface area contributed by atoms with E-state index in [0.717, 1.165) is 12.8 Å². The van der Waals surface area contributed by atoms with E-state index < -0.39 is 0 Å². The van der Waals surface area contributed by atoms with Crippen LogP contribution in [0.1, 0.15) is 40.5 Å². The summed E-state index contributed by atoms with van der Waals surface area (Å²) < 4.78 is 11.7. The van der Waals surface area contributed by atoms with Crippen molar-refractivity contribution in [1.29, 1.82) is 0 Å². The van der Waals surface area contributed by atoms with E-state index in [-0.39, 0.29) is 6.67 Å². The first-order chi connectivity index (χ1) is 4.35. The summed E-state index contributed by atoms with van der Waals surface area (Å²) in [6.45, 7) is 7.90. The molecule has 0 rings (SSSR count). The lowest BCUT2D eigenvalue weighted by molar-refractivity contribution is 0.345. The Morgan fingerprint density at radius 2 is 1.44 bits per heavy atom. The Bertz CT molecular complexity index is 26.0. The van der Waals surface area contributed by atoms with Gasteiger partial charge in [-0.2, -0.15) is 0 Å². The van der Waals surface area contributed by atoms with Crippen molar-refractivity contribution in [2.75, 3.05) is 6.67 Å². The maximum atomic E-state index is 11.7. The van der Waals surface area contributed by atoms with E-state index >= 15 is 0 Å². The highest BCUT2D eigenvalue weighted by molar-refractivity contribution is 4.49. The lowest BCUT2D eigenvalue weighted by Gasteiger charge is -2.02. The van der Waals surface area contributed by atoms with Crippen LogP contribution >= 0.6 is 0 Å². The molecule has 0 N–H and O–H groups in total. The average molecular weight is 134 g/mol. The fourth-order valence-electron chi connectivity index (χ4n) is 0.507. The zero-order valence-electron chi connectivity index (χ0n) is 7.08. The Morgan fingerprint density at radius 3 is 1.44 bits per heavy atom. The third-order valence-corrected chi connectivity index (χ3v) is 1.37. The third-order valence-electron chi connectivity index (χ3n) is 1.37. The van der Waals surface area contributed by atoms with Crippen LogP contribution in [-0.2, 0) is 0 Å². The molecule has 0 aliphatic carbocycles. The Labute approximate surface area is 58.5 Å². The lowest BCUT2D eigenvalue weighted by atomic mass is 10.1. The number of hydrogen-bond donors (Lipinski definition) is 0. The SMILES string of the molecule is CC.CCC(CC)CF. The molecule has 0 unspecified atom stereocenters. The van der Waals surface area contributed by atoms with Crippen molar-refractivity contribution in [3.8, 4) is 0 Å². The molecule has 0 amide bonds. The predicted octanol–water partition coefficient (Wildman–Crippen LogP) is 3.42. The maximum absolute atomic E-state index is 11.7. The van der Waals surface area contributed by atoms with E-state index in [1.165, 1.54) is 0 Å². The van der Waals surface area contributed by atoms with Crippen molar-refractivity contribution >= 4 is 0 Å². The molecule has 9 heavy (non-hydrogen) atoms. The molecule has 0 saturated heterocycles. The highest BCUT2D eigenvalue weighted by atomic mass is 19.1. The van der Waals surface area contributed by atoms with Crippen LogP contribution in [-0.4, -0.2) is 6.67 Å². The van der Waals surface area contributed by atoms with E-state index in [0.29, 0.717) is 5.92 Å². The topological polar surface area (TPSA) is 0 Å². The molecule has 0 aliphatic rings. The molecular formula is C8H19F. The summed E-state index contributed by atoms with van der Waals surface area (Å²) in [6.07, 6.45) is 1.96. The van der Waals surface area contributed by atoms with Gasteiger partial charge in [-0.05, 0) is 5.92 Å². The van der Waals surface area contributed by atoms with Crippen molar-refractivity contribution in [2.45, 2.75) is 40.5 Å². The van der Waals surface area contributed by atoms with Gasteiger partial charge in [0.2, 0.25) is 0 Å². The Hall–Kier alpha value is -0.0700. The maximum Gasteiger partial charge on any atom is 0.0922 e. The van der Waals surface area contributed by atoms with Gasteiger partial charge >= 0.3 is 0 Å². The summed E-state index contributed by atoms with van der Waals surface area (Å²) >= 11 is 0. The smallest absolute Gasteiger partial charge is 0.0922 e. The monoisotopic (exact) mass is 134 g/mol. The predicted molar refractivity (Wildman–Crippen MR) is 41.4 cm³/mol. The molecule has 1 heteroatoms. The van der Waals surface area contributed by atoms with Gasteiger partial charge in [0.1, 0.15) is 0 Å². The minimum absolute atomic E-state index is 0.146. The second-order valence-electron chi connectivity index (χ2n) is 1.84. The molecule has 0 aliphatic heterocycles. The average Bonchev–Trinajstić information content (AvgIpc) is 1.96. The Morgan fingerprint density at radius 1 is 1.11 bits per heavy atom. The standard InChI is InChI=1S/C6H13F.C2H6/c1-3-6(4-2)5-7;1-2/h6H,3-5H2,1-2H3;1-2H3. The molecule has 0 nitrogen and oxygen atoms in total. The second kappa shape index (κ2) is 10.8. The fraction of sp³-hybridized carbons (Fsp3) is 1.00. The Kier molecular flexibility index (Phi) is 14.1. The zero-order valence-corrected chi connectivity index (χ0v) is 7.08. The van der Waals surface area contributed by atoms with Crippen molar-refractivity contribution in [2.24, 2.45) is 5.92 Å². The van der Waals surface area contributed by atoms with Crippen LogP contribution in [0.3, 0.4) is 0 Å². The first-order valence-corrected chi connectivity index (χ1v) is 3.91. The number of alkyl halides is 1. The van der Waals surface area contributed by atoms with Crippen LogP contribution in [0.2, 0.25) is 0 Å². The van der Waals surface area contributed by atoms with Crippen LogP contribution in [0.15, 0.2) is 0 Å². The molecule has 0 saturated carbocycles. The second-order valence-corrected chi connectivity index (χ2v) is 1.84. The number of rotatable bonds is 3. The van der Waals surface area contributed by atoms with Crippen molar-refractivity contribution in [3.05, 3.63) is 0 Å². The van der Waals surface area contributed by atoms with Crippen molar-refractivity contribution in [3.63, 3.8) is 0 Å². The molecule has 0 fully saturated rings. The molecule has 0 spiro atoms. The van der Waals surface area contributed by atoms with Crippen LogP contribution in [0, 0.1) is 5.92 Å². The molecule has 0 bridgehead atoms. The van der Waals surface area contributed by atoms with Gasteiger partial charge in [0.05, 0.1) is 6.67 Å². The minimum Gasteiger partial charge on any atom is -0.251 e. The lowest BCUT2D eigenvalue weighted by Crippen LogP contribution is -1.97. The highest BCUT2D eigenvalue weighted by Crippen LogP contribution is 2.06. The number of halogens is 1. The van der Waals surface area contributed by atoms with Gasteiger partial charge in [-0.25, -0.2) is 0 Å². The summed E-state index contributed by atoms with van der Waals surface area (Å²) in [5, 5.41) is 0. The normalized spacial score (nSPS) is 8.67. The number of hydrogen-bond acceptors (Lipinski definition) is 0. The summed E-state index contributed by atoms with van der Waals surface area (Å²) in [5.41, 5.74) is 0. The third kappa shape index (κ3) is 7.93. The van der Waals surface area contributed by atoms with Crippen molar-refractivity contribution in [1.82, 2.24) is 0 Å². The van der Waals surface area contributed by atoms with E-state index in [1.807, 2.05) is 27.7 Å². The first kappa shape index (κ1) is 11.7. The molecule has 0 radical (unpaired) electrons. The van der Waals surface area contributed by atoms with Gasteiger partial charge in [-0.1, -0.05) is 40.5 Å².